The van der Waals surface area contributed by atoms with Crippen LogP contribution in [0.5, 0.6) is 0 Å². The highest BCUT2D eigenvalue weighted by atomic mass is 32.2. The minimum atomic E-state index is 0.0359. The number of rotatable bonds is 2. The predicted octanol–water partition coefficient (Wildman–Crippen LogP) is 1.74. The Labute approximate surface area is 113 Å². The van der Waals surface area contributed by atoms with E-state index in [9.17, 15) is 4.79 Å². The van der Waals surface area contributed by atoms with Crippen LogP contribution in [-0.2, 0) is 13.6 Å². The molecule has 0 amide bonds. The van der Waals surface area contributed by atoms with Gasteiger partial charge in [0.2, 0.25) is 0 Å². The third kappa shape index (κ3) is 1.60. The molecule has 3 heterocycles. The zero-order valence-corrected chi connectivity index (χ0v) is 12.1. The van der Waals surface area contributed by atoms with Crippen LogP contribution in [0.2, 0.25) is 0 Å². The molecule has 0 spiro atoms. The van der Waals surface area contributed by atoms with Gasteiger partial charge >= 0.3 is 0 Å². The minimum Gasteiger partial charge on any atom is -0.316 e. The number of fused-ring (bicyclic) bond motifs is 2. The fourth-order valence-electron chi connectivity index (χ4n) is 2.18. The number of hydrogen-bond donors (Lipinski definition) is 0. The molecule has 3 rings (SSSR count). The van der Waals surface area contributed by atoms with Crippen molar-refractivity contribution in [1.82, 2.24) is 19.1 Å². The molecule has 0 fully saturated rings. The summed E-state index contributed by atoms with van der Waals surface area (Å²) in [5.41, 5.74) is 1.22. The number of aryl methyl sites for hydroxylation is 1. The highest BCUT2D eigenvalue weighted by molar-refractivity contribution is 8.00. The highest BCUT2D eigenvalue weighted by Gasteiger charge is 2.26. The van der Waals surface area contributed by atoms with E-state index in [-0.39, 0.29) is 5.56 Å². The van der Waals surface area contributed by atoms with Crippen LogP contribution in [0, 0.1) is 0 Å². The van der Waals surface area contributed by atoms with Crippen molar-refractivity contribution in [3.63, 3.8) is 0 Å². The summed E-state index contributed by atoms with van der Waals surface area (Å²) in [5, 5.41) is 2.10. The summed E-state index contributed by atoms with van der Waals surface area (Å²) < 4.78 is 3.62. The number of aromatic nitrogens is 4. The molecule has 2 aromatic rings. The molecule has 2 aromatic heterocycles. The number of nitrogens with zero attached hydrogens (tertiary/aromatic N) is 4. The van der Waals surface area contributed by atoms with Crippen molar-refractivity contribution in [3.8, 4) is 0 Å². The average Bonchev–Trinajstić information content (AvgIpc) is 2.91. The first-order chi connectivity index (χ1) is 8.65. The Hall–Kier alpha value is -0.950. The molecule has 1 aliphatic rings. The largest absolute Gasteiger partial charge is 0.316 e. The maximum Gasteiger partial charge on any atom is 0.280 e. The quantitative estimate of drug-likeness (QED) is 0.620. The first kappa shape index (κ1) is 12.1. The van der Waals surface area contributed by atoms with Crippen molar-refractivity contribution in [2.24, 2.45) is 7.05 Å². The van der Waals surface area contributed by atoms with E-state index in [4.69, 9.17) is 0 Å². The molecule has 0 aliphatic carbocycles. The molecule has 0 aromatic carbocycles. The van der Waals surface area contributed by atoms with Crippen LogP contribution < -0.4 is 5.56 Å². The van der Waals surface area contributed by atoms with Crippen molar-refractivity contribution in [2.75, 3.05) is 6.26 Å². The van der Waals surface area contributed by atoms with Crippen LogP contribution in [0.15, 0.2) is 15.1 Å². The van der Waals surface area contributed by atoms with Gasteiger partial charge in [0, 0.05) is 18.8 Å². The van der Waals surface area contributed by atoms with E-state index in [1.54, 1.807) is 16.3 Å². The Kier molecular flexibility index (Phi) is 2.90. The highest BCUT2D eigenvalue weighted by Crippen LogP contribution is 2.32. The van der Waals surface area contributed by atoms with Gasteiger partial charge in [-0.05, 0) is 12.7 Å². The number of thioether (sulfide) groups is 2. The Balaban J connectivity index is 2.27. The summed E-state index contributed by atoms with van der Waals surface area (Å²) in [6.07, 6.45) is 3.00. The molecule has 1 atom stereocenters. The van der Waals surface area contributed by atoms with E-state index in [1.165, 1.54) is 11.8 Å². The lowest BCUT2D eigenvalue weighted by atomic mass is 10.3. The van der Waals surface area contributed by atoms with E-state index < -0.39 is 0 Å². The summed E-state index contributed by atoms with van der Waals surface area (Å²) in [6, 6.07) is 0. The second kappa shape index (κ2) is 4.31. The van der Waals surface area contributed by atoms with Gasteiger partial charge in [0.15, 0.2) is 21.5 Å². The van der Waals surface area contributed by atoms with Gasteiger partial charge < -0.3 is 4.57 Å². The second-order valence-electron chi connectivity index (χ2n) is 4.29. The smallest absolute Gasteiger partial charge is 0.280 e. The third-order valence-corrected chi connectivity index (χ3v) is 5.28. The monoisotopic (exact) mass is 282 g/mol. The molecule has 0 radical (unpaired) electrons. The second-order valence-corrected chi connectivity index (χ2v) is 6.33. The fourth-order valence-corrected chi connectivity index (χ4v) is 3.84. The molecule has 0 bridgehead atoms. The zero-order valence-electron chi connectivity index (χ0n) is 10.5. The molecule has 7 heteroatoms. The molecule has 18 heavy (non-hydrogen) atoms. The maximum absolute atomic E-state index is 12.5. The van der Waals surface area contributed by atoms with Gasteiger partial charge in [-0.1, -0.05) is 30.4 Å². The van der Waals surface area contributed by atoms with Gasteiger partial charge in [-0.15, -0.1) is 0 Å². The standard InChI is InChI=1S/C11H14N4OS2/c1-4-6-5-15-9(16)7-8(13-11(15)18-6)12-10(17-3)14(7)2/h6H,4-5H2,1-3H3. The van der Waals surface area contributed by atoms with Crippen LogP contribution in [-0.4, -0.2) is 30.6 Å². The zero-order chi connectivity index (χ0) is 12.9. The first-order valence-electron chi connectivity index (χ1n) is 5.83. The summed E-state index contributed by atoms with van der Waals surface area (Å²) in [6.45, 7) is 2.90. The van der Waals surface area contributed by atoms with Gasteiger partial charge in [0.05, 0.1) is 0 Å². The minimum absolute atomic E-state index is 0.0359. The van der Waals surface area contributed by atoms with Gasteiger partial charge in [-0.25, -0.2) is 9.97 Å². The van der Waals surface area contributed by atoms with Crippen molar-refractivity contribution < 1.29 is 0 Å². The van der Waals surface area contributed by atoms with E-state index in [2.05, 4.69) is 16.9 Å². The van der Waals surface area contributed by atoms with E-state index in [0.29, 0.717) is 16.4 Å². The van der Waals surface area contributed by atoms with E-state index in [0.717, 1.165) is 23.3 Å². The van der Waals surface area contributed by atoms with Crippen molar-refractivity contribution in [2.45, 2.75) is 35.5 Å². The Morgan fingerprint density at radius 2 is 2.28 bits per heavy atom. The van der Waals surface area contributed by atoms with Gasteiger partial charge in [-0.2, -0.15) is 0 Å². The molecular formula is C11H14N4OS2. The molecule has 1 aliphatic heterocycles. The van der Waals surface area contributed by atoms with E-state index in [1.807, 2.05) is 17.9 Å². The Morgan fingerprint density at radius 1 is 1.50 bits per heavy atom. The number of hydrogen-bond acceptors (Lipinski definition) is 5. The van der Waals surface area contributed by atoms with Crippen LogP contribution in [0.25, 0.3) is 11.2 Å². The lowest BCUT2D eigenvalue weighted by Gasteiger charge is -2.02. The molecule has 5 nitrogen and oxygen atoms in total. The van der Waals surface area contributed by atoms with Gasteiger partial charge in [0.25, 0.3) is 5.56 Å². The lowest BCUT2D eigenvalue weighted by Crippen LogP contribution is -2.23. The van der Waals surface area contributed by atoms with Gasteiger partial charge in [0.1, 0.15) is 0 Å². The van der Waals surface area contributed by atoms with Crippen LogP contribution in [0.3, 0.4) is 0 Å². The SMILES string of the molecule is CCC1Cn2c(nc3nc(SC)n(C)c3c2=O)S1. The van der Waals surface area contributed by atoms with E-state index >= 15 is 0 Å². The molecule has 0 saturated heterocycles. The van der Waals surface area contributed by atoms with Gasteiger partial charge in [-0.3, -0.25) is 9.36 Å². The normalized spacial score (nSPS) is 18.5. The van der Waals surface area contributed by atoms with Crippen LogP contribution in [0.4, 0.5) is 0 Å². The Morgan fingerprint density at radius 3 is 2.94 bits per heavy atom. The summed E-state index contributed by atoms with van der Waals surface area (Å²) in [7, 11) is 1.87. The average molecular weight is 282 g/mol. The van der Waals surface area contributed by atoms with Crippen molar-refractivity contribution in [3.05, 3.63) is 10.4 Å². The molecule has 0 saturated carbocycles. The lowest BCUT2D eigenvalue weighted by molar-refractivity contribution is 0.601. The first-order valence-corrected chi connectivity index (χ1v) is 7.94. The van der Waals surface area contributed by atoms with Crippen molar-refractivity contribution >= 4 is 34.7 Å². The fraction of sp³-hybridized carbons (Fsp3) is 0.545. The summed E-state index contributed by atoms with van der Waals surface area (Å²) in [4.78, 5) is 21.4. The third-order valence-electron chi connectivity index (χ3n) is 3.21. The molecular weight excluding hydrogens is 268 g/mol. The maximum atomic E-state index is 12.5. The molecule has 0 N–H and O–H groups in total. The topological polar surface area (TPSA) is 52.7 Å². The summed E-state index contributed by atoms with van der Waals surface area (Å²) in [5.74, 6) is 0. The number of imidazole rings is 1. The van der Waals surface area contributed by atoms with Crippen LogP contribution in [0.1, 0.15) is 13.3 Å². The molecule has 96 valence electrons. The predicted molar refractivity (Wildman–Crippen MR) is 74.5 cm³/mol. The van der Waals surface area contributed by atoms with Crippen LogP contribution >= 0.6 is 23.5 Å². The Bertz CT molecular complexity index is 676. The molecule has 1 unspecified atom stereocenters. The van der Waals surface area contributed by atoms with Crippen molar-refractivity contribution in [1.29, 1.82) is 0 Å². The summed E-state index contributed by atoms with van der Waals surface area (Å²) >= 11 is 3.21.